The molecule has 0 bridgehead atoms. The molecule has 0 saturated carbocycles. The summed E-state index contributed by atoms with van der Waals surface area (Å²) >= 11 is 0. The molecule has 0 atom stereocenters. The van der Waals surface area contributed by atoms with E-state index in [1.54, 1.807) is 7.05 Å². The number of hydrogen-bond acceptors (Lipinski definition) is 3. The zero-order chi connectivity index (χ0) is 22.0. The van der Waals surface area contributed by atoms with Crippen LogP contribution < -0.4 is 5.32 Å². The molecule has 1 N–H and O–H groups in total. The molecule has 2 aromatic carbocycles. The molecule has 1 aromatic heterocycles. The van der Waals surface area contributed by atoms with Gasteiger partial charge in [0.2, 0.25) is 5.91 Å². The number of aryl methyl sites for hydroxylation is 1. The summed E-state index contributed by atoms with van der Waals surface area (Å²) < 4.78 is 29.0. The van der Waals surface area contributed by atoms with Crippen LogP contribution in [0.25, 0.3) is 11.3 Å². The van der Waals surface area contributed by atoms with E-state index in [1.807, 2.05) is 29.2 Å². The monoisotopic (exact) mass is 424 g/mol. The first-order chi connectivity index (χ1) is 14.9. The molecule has 160 valence electrons. The smallest absolute Gasteiger partial charge is 0.255 e. The fraction of sp³-hybridized carbons (Fsp3) is 0.261. The number of carbonyl (C=O) groups is 2. The predicted molar refractivity (Wildman–Crippen MR) is 111 cm³/mol. The summed E-state index contributed by atoms with van der Waals surface area (Å²) in [5.41, 5.74) is 2.26. The standard InChI is InChI=1S/C23H22F2N4O2/c1-28-14-19(22(27-28)18-9-8-17(24)11-20(18)25)23(31)26-12-15-5-2-3-6-16(15)13-29-10-4-7-21(29)30/h2-3,5-6,8-9,11,14H,4,7,10,12-13H2,1H3,(H,26,31). The second kappa shape index (κ2) is 8.67. The normalized spacial score (nSPS) is 13.6. The number of hydrogen-bond donors (Lipinski definition) is 1. The van der Waals surface area contributed by atoms with Crippen molar-refractivity contribution in [3.8, 4) is 11.3 Å². The molecule has 31 heavy (non-hydrogen) atoms. The van der Waals surface area contributed by atoms with Crippen LogP contribution in [0.3, 0.4) is 0 Å². The third-order valence-corrected chi connectivity index (χ3v) is 5.35. The van der Waals surface area contributed by atoms with E-state index >= 15 is 0 Å². The quantitative estimate of drug-likeness (QED) is 0.660. The molecule has 1 fully saturated rings. The van der Waals surface area contributed by atoms with Gasteiger partial charge in [-0.2, -0.15) is 5.10 Å². The molecule has 0 aliphatic carbocycles. The number of amides is 2. The fourth-order valence-electron chi connectivity index (χ4n) is 3.77. The van der Waals surface area contributed by atoms with Gasteiger partial charge in [0.25, 0.3) is 5.91 Å². The molecule has 1 aliphatic heterocycles. The second-order valence-electron chi connectivity index (χ2n) is 7.56. The van der Waals surface area contributed by atoms with Gasteiger partial charge in [0.05, 0.1) is 5.56 Å². The number of aromatic nitrogens is 2. The number of likely N-dealkylation sites (tertiary alicyclic amines) is 1. The fourth-order valence-corrected chi connectivity index (χ4v) is 3.77. The van der Waals surface area contributed by atoms with E-state index in [4.69, 9.17) is 0 Å². The lowest BCUT2D eigenvalue weighted by Gasteiger charge is -2.18. The zero-order valence-corrected chi connectivity index (χ0v) is 17.1. The average Bonchev–Trinajstić information content (AvgIpc) is 3.32. The molecular formula is C23H22F2N4O2. The van der Waals surface area contributed by atoms with E-state index in [1.165, 1.54) is 16.9 Å². The van der Waals surface area contributed by atoms with Crippen LogP contribution in [0.15, 0.2) is 48.7 Å². The third-order valence-electron chi connectivity index (χ3n) is 5.35. The summed E-state index contributed by atoms with van der Waals surface area (Å²) in [7, 11) is 1.63. The first-order valence-electron chi connectivity index (χ1n) is 10.0. The maximum Gasteiger partial charge on any atom is 0.255 e. The van der Waals surface area contributed by atoms with E-state index in [0.29, 0.717) is 13.0 Å². The molecule has 8 heteroatoms. The summed E-state index contributed by atoms with van der Waals surface area (Å²) in [5, 5.41) is 7.04. The highest BCUT2D eigenvalue weighted by atomic mass is 19.1. The topological polar surface area (TPSA) is 67.2 Å². The number of carbonyl (C=O) groups excluding carboxylic acids is 2. The highest BCUT2D eigenvalue weighted by Gasteiger charge is 2.22. The minimum absolute atomic E-state index is 0.0556. The van der Waals surface area contributed by atoms with E-state index in [0.717, 1.165) is 36.2 Å². The zero-order valence-electron chi connectivity index (χ0n) is 17.1. The van der Waals surface area contributed by atoms with Crippen molar-refractivity contribution >= 4 is 11.8 Å². The van der Waals surface area contributed by atoms with Crippen molar-refractivity contribution in [2.45, 2.75) is 25.9 Å². The van der Waals surface area contributed by atoms with Crippen LogP contribution in [0.2, 0.25) is 0 Å². The van der Waals surface area contributed by atoms with Gasteiger partial charge in [-0.05, 0) is 29.7 Å². The van der Waals surface area contributed by atoms with E-state index < -0.39 is 17.5 Å². The van der Waals surface area contributed by atoms with Crippen molar-refractivity contribution in [1.29, 1.82) is 0 Å². The summed E-state index contributed by atoms with van der Waals surface area (Å²) in [5.74, 6) is -1.76. The van der Waals surface area contributed by atoms with Gasteiger partial charge in [0.15, 0.2) is 0 Å². The Bertz CT molecular complexity index is 1140. The minimum Gasteiger partial charge on any atom is -0.348 e. The molecule has 6 nitrogen and oxygen atoms in total. The number of benzene rings is 2. The number of nitrogens with one attached hydrogen (secondary N) is 1. The highest BCUT2D eigenvalue weighted by Crippen LogP contribution is 2.26. The van der Waals surface area contributed by atoms with Crippen LogP contribution in [0.4, 0.5) is 8.78 Å². The predicted octanol–water partition coefficient (Wildman–Crippen LogP) is 3.42. The lowest BCUT2D eigenvalue weighted by Crippen LogP contribution is -2.27. The van der Waals surface area contributed by atoms with Crippen molar-refractivity contribution in [3.63, 3.8) is 0 Å². The summed E-state index contributed by atoms with van der Waals surface area (Å²) in [6, 6.07) is 10.8. The highest BCUT2D eigenvalue weighted by molar-refractivity contribution is 5.99. The number of nitrogens with zero attached hydrogens (tertiary/aromatic N) is 3. The molecule has 0 spiro atoms. The van der Waals surface area contributed by atoms with Crippen LogP contribution in [-0.4, -0.2) is 33.0 Å². The Balaban J connectivity index is 1.52. The van der Waals surface area contributed by atoms with Gasteiger partial charge in [-0.3, -0.25) is 14.3 Å². The Morgan fingerprint density at radius 3 is 2.65 bits per heavy atom. The minimum atomic E-state index is -0.784. The van der Waals surface area contributed by atoms with E-state index in [9.17, 15) is 18.4 Å². The lowest BCUT2D eigenvalue weighted by molar-refractivity contribution is -0.128. The Morgan fingerprint density at radius 2 is 1.94 bits per heavy atom. The molecule has 1 aliphatic rings. The molecule has 2 heterocycles. The molecular weight excluding hydrogens is 402 g/mol. The van der Waals surface area contributed by atoms with Crippen LogP contribution >= 0.6 is 0 Å². The van der Waals surface area contributed by atoms with E-state index in [-0.39, 0.29) is 29.3 Å². The van der Waals surface area contributed by atoms with Crippen molar-refractivity contribution in [3.05, 3.63) is 77.0 Å². The van der Waals surface area contributed by atoms with Crippen LogP contribution in [0.5, 0.6) is 0 Å². The van der Waals surface area contributed by atoms with Gasteiger partial charge in [0, 0.05) is 50.9 Å². The van der Waals surface area contributed by atoms with Gasteiger partial charge in [-0.25, -0.2) is 8.78 Å². The van der Waals surface area contributed by atoms with E-state index in [2.05, 4.69) is 10.4 Å². The molecule has 3 aromatic rings. The Kier molecular flexibility index (Phi) is 5.79. The van der Waals surface area contributed by atoms with Crippen molar-refractivity contribution in [1.82, 2.24) is 20.0 Å². The van der Waals surface area contributed by atoms with Crippen molar-refractivity contribution < 1.29 is 18.4 Å². The number of rotatable bonds is 6. The van der Waals surface area contributed by atoms with Gasteiger partial charge in [0.1, 0.15) is 17.3 Å². The Hall–Kier alpha value is -3.55. The maximum absolute atomic E-state index is 14.3. The van der Waals surface area contributed by atoms with Gasteiger partial charge in [-0.1, -0.05) is 24.3 Å². The largest absolute Gasteiger partial charge is 0.348 e. The first-order valence-corrected chi connectivity index (χ1v) is 10.0. The van der Waals surface area contributed by atoms with Crippen LogP contribution in [0.1, 0.15) is 34.3 Å². The van der Waals surface area contributed by atoms with Crippen molar-refractivity contribution in [2.75, 3.05) is 6.54 Å². The van der Waals surface area contributed by atoms with Crippen LogP contribution in [-0.2, 0) is 24.9 Å². The van der Waals surface area contributed by atoms with Gasteiger partial charge >= 0.3 is 0 Å². The van der Waals surface area contributed by atoms with Gasteiger partial charge in [-0.15, -0.1) is 0 Å². The maximum atomic E-state index is 14.3. The molecule has 0 unspecified atom stereocenters. The Labute approximate surface area is 178 Å². The second-order valence-corrected chi connectivity index (χ2v) is 7.56. The molecule has 0 radical (unpaired) electrons. The SMILES string of the molecule is Cn1cc(C(=O)NCc2ccccc2CN2CCCC2=O)c(-c2ccc(F)cc2F)n1. The first kappa shape index (κ1) is 20.7. The summed E-state index contributed by atoms with van der Waals surface area (Å²) in [6.07, 6.45) is 2.94. The molecule has 1 saturated heterocycles. The van der Waals surface area contributed by atoms with Crippen LogP contribution in [0, 0.1) is 11.6 Å². The third kappa shape index (κ3) is 4.47. The molecule has 4 rings (SSSR count). The van der Waals surface area contributed by atoms with Gasteiger partial charge < -0.3 is 10.2 Å². The van der Waals surface area contributed by atoms with Crippen molar-refractivity contribution in [2.24, 2.45) is 7.05 Å². The summed E-state index contributed by atoms with van der Waals surface area (Å²) in [6.45, 7) is 1.49. The lowest BCUT2D eigenvalue weighted by atomic mass is 10.1. The summed E-state index contributed by atoms with van der Waals surface area (Å²) in [4.78, 5) is 26.7. The Morgan fingerprint density at radius 1 is 1.16 bits per heavy atom. The number of halogens is 2. The molecule has 2 amide bonds. The average molecular weight is 424 g/mol.